The van der Waals surface area contributed by atoms with Crippen molar-refractivity contribution >= 4 is 38.4 Å². The number of nitrogens with two attached hydrogens (primary N) is 1. The van der Waals surface area contributed by atoms with Gasteiger partial charge >= 0.3 is 0 Å². The Bertz CT molecular complexity index is 934. The van der Waals surface area contributed by atoms with E-state index in [2.05, 4.69) is 21.4 Å². The van der Waals surface area contributed by atoms with Crippen LogP contribution in [0.25, 0.3) is 10.8 Å². The zero-order valence-electron chi connectivity index (χ0n) is 11.4. The molecule has 0 atom stereocenters. The van der Waals surface area contributed by atoms with Crippen molar-refractivity contribution in [1.82, 2.24) is 4.68 Å². The van der Waals surface area contributed by atoms with E-state index in [0.717, 1.165) is 14.5 Å². The van der Waals surface area contributed by atoms with Gasteiger partial charge in [-0.25, -0.2) is 4.68 Å². The minimum Gasteiger partial charge on any atom is -0.384 e. The fraction of sp³-hybridized carbons (Fsp3) is 0. The molecular formula is C16H12BrN3O2. The summed E-state index contributed by atoms with van der Waals surface area (Å²) in [5.41, 5.74) is 8.48. The Morgan fingerprint density at radius 1 is 1.09 bits per heavy atom. The summed E-state index contributed by atoms with van der Waals surface area (Å²) in [6.45, 7) is 0. The normalized spacial score (nSPS) is 10.6. The van der Waals surface area contributed by atoms with Gasteiger partial charge in [0.05, 0.1) is 0 Å². The molecule has 0 aliphatic heterocycles. The van der Waals surface area contributed by atoms with Crippen LogP contribution >= 0.6 is 15.9 Å². The SMILES string of the molecule is Nc1cc2ccccc2c(=O)n1NC(=O)c1cccc(Br)c1. The van der Waals surface area contributed by atoms with Crippen molar-refractivity contribution in [3.05, 3.63) is 75.0 Å². The molecular weight excluding hydrogens is 346 g/mol. The molecule has 3 rings (SSSR count). The number of carbonyl (C=O) groups is 1. The fourth-order valence-corrected chi connectivity index (χ4v) is 2.59. The number of pyridine rings is 1. The van der Waals surface area contributed by atoms with Crippen molar-refractivity contribution < 1.29 is 4.79 Å². The Morgan fingerprint density at radius 2 is 1.86 bits per heavy atom. The molecule has 3 aromatic rings. The summed E-state index contributed by atoms with van der Waals surface area (Å²) in [5.74, 6) is -0.238. The highest BCUT2D eigenvalue weighted by Crippen LogP contribution is 2.14. The average Bonchev–Trinajstić information content (AvgIpc) is 2.51. The number of fused-ring (bicyclic) bond motifs is 1. The van der Waals surface area contributed by atoms with Gasteiger partial charge in [-0.05, 0) is 35.7 Å². The van der Waals surface area contributed by atoms with E-state index < -0.39 is 5.91 Å². The van der Waals surface area contributed by atoms with Crippen molar-refractivity contribution in [2.24, 2.45) is 0 Å². The molecule has 22 heavy (non-hydrogen) atoms. The van der Waals surface area contributed by atoms with Crippen LogP contribution in [0.2, 0.25) is 0 Å². The number of hydrogen-bond acceptors (Lipinski definition) is 3. The van der Waals surface area contributed by atoms with Crippen molar-refractivity contribution in [1.29, 1.82) is 0 Å². The highest BCUT2D eigenvalue weighted by atomic mass is 79.9. The van der Waals surface area contributed by atoms with Gasteiger partial charge in [0, 0.05) is 15.4 Å². The molecule has 110 valence electrons. The van der Waals surface area contributed by atoms with Crippen LogP contribution in [0, 0.1) is 0 Å². The zero-order chi connectivity index (χ0) is 15.7. The van der Waals surface area contributed by atoms with Crippen LogP contribution in [-0.4, -0.2) is 10.6 Å². The third-order valence-corrected chi connectivity index (χ3v) is 3.75. The lowest BCUT2D eigenvalue weighted by Gasteiger charge is -2.12. The summed E-state index contributed by atoms with van der Waals surface area (Å²) < 4.78 is 1.84. The van der Waals surface area contributed by atoms with Crippen LogP contribution < -0.4 is 16.7 Å². The molecule has 0 bridgehead atoms. The molecule has 1 aromatic heterocycles. The molecule has 0 unspecified atom stereocenters. The van der Waals surface area contributed by atoms with Crippen molar-refractivity contribution in [3.63, 3.8) is 0 Å². The van der Waals surface area contributed by atoms with Gasteiger partial charge < -0.3 is 5.73 Å². The predicted octanol–water partition coefficient (Wildman–Crippen LogP) is 2.73. The van der Waals surface area contributed by atoms with Gasteiger partial charge in [0.2, 0.25) is 0 Å². The minimum atomic E-state index is -0.412. The molecule has 0 saturated carbocycles. The molecule has 1 amide bonds. The van der Waals surface area contributed by atoms with E-state index >= 15 is 0 Å². The quantitative estimate of drug-likeness (QED) is 0.740. The van der Waals surface area contributed by atoms with Crippen molar-refractivity contribution in [2.75, 3.05) is 11.2 Å². The minimum absolute atomic E-state index is 0.173. The Labute approximate surface area is 134 Å². The third-order valence-electron chi connectivity index (χ3n) is 3.26. The first-order valence-electron chi connectivity index (χ1n) is 6.53. The van der Waals surface area contributed by atoms with E-state index in [-0.39, 0.29) is 11.4 Å². The van der Waals surface area contributed by atoms with Gasteiger partial charge in [-0.2, -0.15) is 0 Å². The number of benzene rings is 2. The lowest BCUT2D eigenvalue weighted by molar-refractivity contribution is 0.101. The number of nitrogen functional groups attached to an aromatic ring is 1. The van der Waals surface area contributed by atoms with Gasteiger partial charge in [0.15, 0.2) is 0 Å². The standard InChI is InChI=1S/C16H12BrN3O2/c17-12-6-3-5-11(8-12)15(21)19-20-14(18)9-10-4-1-2-7-13(10)16(20)22/h1-9H,18H2,(H,19,21). The summed E-state index contributed by atoms with van der Waals surface area (Å²) in [4.78, 5) is 24.7. The number of halogens is 1. The number of aromatic nitrogens is 1. The lowest BCUT2D eigenvalue weighted by Crippen LogP contribution is -2.34. The van der Waals surface area contributed by atoms with Gasteiger partial charge in [-0.15, -0.1) is 0 Å². The highest BCUT2D eigenvalue weighted by molar-refractivity contribution is 9.10. The molecule has 0 fully saturated rings. The maximum Gasteiger partial charge on any atom is 0.278 e. The molecule has 0 spiro atoms. The van der Waals surface area contributed by atoms with E-state index in [0.29, 0.717) is 10.9 Å². The number of rotatable bonds is 2. The number of nitrogens with zero attached hydrogens (tertiary/aromatic N) is 1. The Kier molecular flexibility index (Phi) is 3.68. The van der Waals surface area contributed by atoms with E-state index in [4.69, 9.17) is 5.73 Å². The smallest absolute Gasteiger partial charge is 0.278 e. The predicted molar refractivity (Wildman–Crippen MR) is 90.5 cm³/mol. The number of anilines is 1. The van der Waals surface area contributed by atoms with E-state index in [1.807, 2.05) is 12.1 Å². The third kappa shape index (κ3) is 2.60. The maximum absolute atomic E-state index is 12.4. The first kappa shape index (κ1) is 14.3. The van der Waals surface area contributed by atoms with E-state index in [1.54, 1.807) is 42.5 Å². The first-order valence-corrected chi connectivity index (χ1v) is 7.33. The monoisotopic (exact) mass is 357 g/mol. The second-order valence-electron chi connectivity index (χ2n) is 4.75. The second kappa shape index (κ2) is 5.65. The number of hydrogen-bond donors (Lipinski definition) is 2. The Balaban J connectivity index is 2.04. The van der Waals surface area contributed by atoms with Crippen LogP contribution in [0.1, 0.15) is 10.4 Å². The van der Waals surface area contributed by atoms with Gasteiger partial charge in [0.1, 0.15) is 5.82 Å². The summed E-state index contributed by atoms with van der Waals surface area (Å²) in [7, 11) is 0. The maximum atomic E-state index is 12.4. The molecule has 0 aliphatic carbocycles. The average molecular weight is 358 g/mol. The molecule has 0 saturated heterocycles. The summed E-state index contributed by atoms with van der Waals surface area (Å²) >= 11 is 3.30. The molecule has 1 heterocycles. The largest absolute Gasteiger partial charge is 0.384 e. The van der Waals surface area contributed by atoms with Crippen molar-refractivity contribution in [3.8, 4) is 0 Å². The molecule has 2 aromatic carbocycles. The van der Waals surface area contributed by atoms with Crippen LogP contribution in [0.15, 0.2) is 63.9 Å². The van der Waals surface area contributed by atoms with Crippen LogP contribution in [0.3, 0.4) is 0 Å². The molecule has 3 N–H and O–H groups in total. The Hall–Kier alpha value is -2.60. The highest BCUT2D eigenvalue weighted by Gasteiger charge is 2.11. The van der Waals surface area contributed by atoms with E-state index in [9.17, 15) is 9.59 Å². The number of amides is 1. The van der Waals surface area contributed by atoms with Crippen LogP contribution in [-0.2, 0) is 0 Å². The summed E-state index contributed by atoms with van der Waals surface area (Å²) in [6.07, 6.45) is 0. The summed E-state index contributed by atoms with van der Waals surface area (Å²) in [6, 6.07) is 15.6. The second-order valence-corrected chi connectivity index (χ2v) is 5.66. The van der Waals surface area contributed by atoms with Crippen LogP contribution in [0.5, 0.6) is 0 Å². The molecule has 0 radical (unpaired) electrons. The first-order chi connectivity index (χ1) is 10.6. The topological polar surface area (TPSA) is 77.1 Å². The molecule has 0 aliphatic rings. The lowest BCUT2D eigenvalue weighted by atomic mass is 10.2. The fourth-order valence-electron chi connectivity index (χ4n) is 2.19. The zero-order valence-corrected chi connectivity index (χ0v) is 13.0. The van der Waals surface area contributed by atoms with Crippen LogP contribution in [0.4, 0.5) is 5.82 Å². The number of nitrogens with one attached hydrogen (secondary N) is 1. The number of carbonyl (C=O) groups excluding carboxylic acids is 1. The Morgan fingerprint density at radius 3 is 2.64 bits per heavy atom. The molecule has 6 heteroatoms. The van der Waals surface area contributed by atoms with Gasteiger partial charge in [-0.1, -0.05) is 40.2 Å². The molecule has 5 nitrogen and oxygen atoms in total. The summed E-state index contributed by atoms with van der Waals surface area (Å²) in [5, 5.41) is 1.23. The van der Waals surface area contributed by atoms with Gasteiger partial charge in [0.25, 0.3) is 11.5 Å². The van der Waals surface area contributed by atoms with Crippen molar-refractivity contribution in [2.45, 2.75) is 0 Å². The van der Waals surface area contributed by atoms with Gasteiger partial charge in [-0.3, -0.25) is 15.0 Å². The van der Waals surface area contributed by atoms with E-state index in [1.165, 1.54) is 0 Å².